The highest BCUT2D eigenvalue weighted by Crippen LogP contribution is 2.35. The molecule has 2 heterocycles. The topological polar surface area (TPSA) is 58.1 Å². The number of hydrogen-bond donors (Lipinski definition) is 1. The Balaban J connectivity index is 1.76. The zero-order valence-corrected chi connectivity index (χ0v) is 15.0. The van der Waals surface area contributed by atoms with Crippen LogP contribution in [0, 0.1) is 0 Å². The number of nitrogens with zero attached hydrogens (tertiary/aromatic N) is 3. The van der Waals surface area contributed by atoms with Gasteiger partial charge in [-0.1, -0.05) is 19.1 Å². The fourth-order valence-corrected chi connectivity index (χ4v) is 3.32. The van der Waals surface area contributed by atoms with Crippen molar-refractivity contribution in [1.29, 1.82) is 0 Å². The largest absolute Gasteiger partial charge is 0.418 e. The van der Waals surface area contributed by atoms with Gasteiger partial charge in [0.2, 0.25) is 0 Å². The van der Waals surface area contributed by atoms with Gasteiger partial charge in [0.1, 0.15) is 11.5 Å². The molecule has 8 heteroatoms. The lowest BCUT2D eigenvalue weighted by Gasteiger charge is -2.34. The minimum atomic E-state index is -4.48. The molecule has 0 radical (unpaired) electrons. The summed E-state index contributed by atoms with van der Waals surface area (Å²) in [6.45, 7) is 2.74. The van der Waals surface area contributed by atoms with Gasteiger partial charge in [0.15, 0.2) is 0 Å². The molecule has 1 aliphatic rings. The molecule has 1 fully saturated rings. The SMILES string of the molecule is CCC1CCCCN1C(=O)c1cnc(Nc2ccccc2C(F)(F)F)cn1. The van der Waals surface area contributed by atoms with Gasteiger partial charge in [-0.05, 0) is 37.8 Å². The summed E-state index contributed by atoms with van der Waals surface area (Å²) >= 11 is 0. The van der Waals surface area contributed by atoms with Gasteiger partial charge in [-0.3, -0.25) is 4.79 Å². The first-order valence-corrected chi connectivity index (χ1v) is 8.96. The monoisotopic (exact) mass is 378 g/mol. The third-order valence-corrected chi connectivity index (χ3v) is 4.73. The Morgan fingerprint density at radius 3 is 2.67 bits per heavy atom. The molecule has 0 spiro atoms. The number of nitrogens with one attached hydrogen (secondary N) is 1. The van der Waals surface area contributed by atoms with Crippen molar-refractivity contribution in [3.8, 4) is 0 Å². The normalized spacial score (nSPS) is 17.6. The summed E-state index contributed by atoms with van der Waals surface area (Å²) in [5.74, 6) is -0.0368. The molecular formula is C19H21F3N4O. The van der Waals surface area contributed by atoms with Crippen LogP contribution in [0.4, 0.5) is 24.7 Å². The van der Waals surface area contributed by atoms with E-state index in [-0.39, 0.29) is 29.1 Å². The second kappa shape index (κ2) is 7.94. The second-order valence-electron chi connectivity index (χ2n) is 6.51. The molecule has 1 aliphatic heterocycles. The number of likely N-dealkylation sites (tertiary alicyclic amines) is 1. The van der Waals surface area contributed by atoms with Gasteiger partial charge in [0, 0.05) is 12.6 Å². The molecule has 0 aliphatic carbocycles. The van der Waals surface area contributed by atoms with Crippen LogP contribution in [0.25, 0.3) is 0 Å². The molecule has 1 aromatic carbocycles. The van der Waals surface area contributed by atoms with Crippen LogP contribution >= 0.6 is 0 Å². The lowest BCUT2D eigenvalue weighted by molar-refractivity contribution is -0.136. The van der Waals surface area contributed by atoms with E-state index in [4.69, 9.17) is 0 Å². The van der Waals surface area contributed by atoms with Crippen molar-refractivity contribution in [2.24, 2.45) is 0 Å². The van der Waals surface area contributed by atoms with Crippen molar-refractivity contribution in [2.75, 3.05) is 11.9 Å². The summed E-state index contributed by atoms with van der Waals surface area (Å²) < 4.78 is 39.2. The molecule has 1 amide bonds. The van der Waals surface area contributed by atoms with E-state index in [2.05, 4.69) is 15.3 Å². The Labute approximate surface area is 155 Å². The quantitative estimate of drug-likeness (QED) is 0.842. The van der Waals surface area contributed by atoms with E-state index in [0.29, 0.717) is 6.54 Å². The van der Waals surface area contributed by atoms with Crippen molar-refractivity contribution in [1.82, 2.24) is 14.9 Å². The number of piperidine rings is 1. The Morgan fingerprint density at radius 1 is 1.22 bits per heavy atom. The van der Waals surface area contributed by atoms with E-state index >= 15 is 0 Å². The molecule has 1 saturated heterocycles. The number of rotatable bonds is 4. The molecule has 1 aromatic heterocycles. The molecule has 5 nitrogen and oxygen atoms in total. The maximum atomic E-state index is 13.1. The highest BCUT2D eigenvalue weighted by molar-refractivity contribution is 5.92. The van der Waals surface area contributed by atoms with Crippen molar-refractivity contribution in [2.45, 2.75) is 44.8 Å². The summed E-state index contributed by atoms with van der Waals surface area (Å²) in [7, 11) is 0. The van der Waals surface area contributed by atoms with Gasteiger partial charge in [-0.25, -0.2) is 9.97 Å². The van der Waals surface area contributed by atoms with Crippen LogP contribution in [0.3, 0.4) is 0 Å². The summed E-state index contributed by atoms with van der Waals surface area (Å²) in [6, 6.07) is 5.34. The summed E-state index contributed by atoms with van der Waals surface area (Å²) in [6.07, 6.45) is 2.04. The smallest absolute Gasteiger partial charge is 0.338 e. The van der Waals surface area contributed by atoms with Crippen LogP contribution in [-0.2, 0) is 6.18 Å². The summed E-state index contributed by atoms with van der Waals surface area (Å²) in [5, 5.41) is 2.63. The first-order valence-electron chi connectivity index (χ1n) is 8.96. The number of carbonyl (C=O) groups is 1. The number of amides is 1. The number of anilines is 2. The first-order chi connectivity index (χ1) is 12.9. The molecule has 2 aromatic rings. The van der Waals surface area contributed by atoms with E-state index in [1.165, 1.54) is 30.6 Å². The molecule has 0 saturated carbocycles. The van der Waals surface area contributed by atoms with E-state index < -0.39 is 11.7 Å². The van der Waals surface area contributed by atoms with Crippen LogP contribution in [0.5, 0.6) is 0 Å². The van der Waals surface area contributed by atoms with Crippen LogP contribution < -0.4 is 5.32 Å². The lowest BCUT2D eigenvalue weighted by Crippen LogP contribution is -2.43. The van der Waals surface area contributed by atoms with Gasteiger partial charge in [-0.15, -0.1) is 0 Å². The third-order valence-electron chi connectivity index (χ3n) is 4.73. The number of para-hydroxylation sites is 1. The van der Waals surface area contributed by atoms with Gasteiger partial charge in [0.25, 0.3) is 5.91 Å². The predicted octanol–water partition coefficient (Wildman–Crippen LogP) is 4.64. The number of halogens is 3. The second-order valence-corrected chi connectivity index (χ2v) is 6.51. The van der Waals surface area contributed by atoms with Crippen LogP contribution in [0.2, 0.25) is 0 Å². The van der Waals surface area contributed by atoms with E-state index in [1.54, 1.807) is 0 Å². The third kappa shape index (κ3) is 4.37. The van der Waals surface area contributed by atoms with Crippen molar-refractivity contribution >= 4 is 17.4 Å². The van der Waals surface area contributed by atoms with Gasteiger partial charge in [-0.2, -0.15) is 13.2 Å². The summed E-state index contributed by atoms with van der Waals surface area (Å²) in [4.78, 5) is 22.7. The summed E-state index contributed by atoms with van der Waals surface area (Å²) in [5.41, 5.74) is -0.698. The Kier molecular flexibility index (Phi) is 5.62. The Morgan fingerprint density at radius 2 is 2.00 bits per heavy atom. The highest BCUT2D eigenvalue weighted by Gasteiger charge is 2.33. The van der Waals surface area contributed by atoms with E-state index in [0.717, 1.165) is 31.7 Å². The Hall–Kier alpha value is -2.64. The molecule has 1 atom stereocenters. The molecule has 3 rings (SSSR count). The van der Waals surface area contributed by atoms with Crippen LogP contribution in [-0.4, -0.2) is 33.4 Å². The number of alkyl halides is 3. The van der Waals surface area contributed by atoms with Crippen molar-refractivity contribution in [3.63, 3.8) is 0 Å². The standard InChI is InChI=1S/C19H21F3N4O/c1-2-13-7-5-6-10-26(13)18(27)16-11-24-17(12-23-16)25-15-9-4-3-8-14(15)19(20,21)22/h3-4,8-9,11-13H,2,5-7,10H2,1H3,(H,24,25). The predicted molar refractivity (Wildman–Crippen MR) is 95.7 cm³/mol. The minimum absolute atomic E-state index is 0.111. The maximum absolute atomic E-state index is 13.1. The highest BCUT2D eigenvalue weighted by atomic mass is 19.4. The zero-order valence-electron chi connectivity index (χ0n) is 15.0. The average molecular weight is 378 g/mol. The zero-order chi connectivity index (χ0) is 19.4. The molecular weight excluding hydrogens is 357 g/mol. The number of benzene rings is 1. The molecule has 0 bridgehead atoms. The first kappa shape index (κ1) is 19.1. The van der Waals surface area contributed by atoms with Gasteiger partial charge in [0.05, 0.1) is 23.6 Å². The van der Waals surface area contributed by atoms with E-state index in [1.807, 2.05) is 11.8 Å². The molecule has 144 valence electrons. The minimum Gasteiger partial charge on any atom is -0.338 e. The van der Waals surface area contributed by atoms with Crippen molar-refractivity contribution in [3.05, 3.63) is 47.9 Å². The number of hydrogen-bond acceptors (Lipinski definition) is 4. The Bertz CT molecular complexity index is 792. The van der Waals surface area contributed by atoms with Crippen LogP contribution in [0.1, 0.15) is 48.7 Å². The fourth-order valence-electron chi connectivity index (χ4n) is 3.32. The maximum Gasteiger partial charge on any atom is 0.418 e. The number of carbonyl (C=O) groups excluding carboxylic acids is 1. The van der Waals surface area contributed by atoms with Gasteiger partial charge < -0.3 is 10.2 Å². The molecule has 27 heavy (non-hydrogen) atoms. The average Bonchev–Trinajstić information content (AvgIpc) is 2.67. The van der Waals surface area contributed by atoms with Crippen LogP contribution in [0.15, 0.2) is 36.7 Å². The van der Waals surface area contributed by atoms with E-state index in [9.17, 15) is 18.0 Å². The molecule has 1 N–H and O–H groups in total. The molecule has 1 unspecified atom stereocenters. The fraction of sp³-hybridized carbons (Fsp3) is 0.421. The lowest BCUT2D eigenvalue weighted by atomic mass is 10.00. The number of aromatic nitrogens is 2. The van der Waals surface area contributed by atoms with Crippen molar-refractivity contribution < 1.29 is 18.0 Å². The van der Waals surface area contributed by atoms with Gasteiger partial charge >= 0.3 is 6.18 Å².